The van der Waals surface area contributed by atoms with E-state index in [1.54, 1.807) is 13.8 Å². The number of carboxylic acid groups (broad SMARTS) is 1. The number of carboxylic acids is 1. The van der Waals surface area contributed by atoms with Gasteiger partial charge in [0.2, 0.25) is 0 Å². The van der Waals surface area contributed by atoms with Crippen molar-refractivity contribution in [3.63, 3.8) is 0 Å². The summed E-state index contributed by atoms with van der Waals surface area (Å²) in [6.07, 6.45) is -1.03. The van der Waals surface area contributed by atoms with Crippen LogP contribution in [0.5, 0.6) is 0 Å². The van der Waals surface area contributed by atoms with E-state index in [0.717, 1.165) is 6.07 Å². The van der Waals surface area contributed by atoms with E-state index in [2.05, 4.69) is 5.32 Å². The van der Waals surface area contributed by atoms with Gasteiger partial charge in [0.15, 0.2) is 0 Å². The van der Waals surface area contributed by atoms with Crippen molar-refractivity contribution in [3.8, 4) is 0 Å². The van der Waals surface area contributed by atoms with Crippen LogP contribution in [0.1, 0.15) is 19.4 Å². The molecular weight excluding hydrogens is 253 g/mol. The highest BCUT2D eigenvalue weighted by molar-refractivity contribution is 5.93. The maximum absolute atomic E-state index is 13.6. The number of halogens is 1. The number of anilines is 1. The standard InChI is InChI=1S/C13H16FNO4/c1-3-19-8(2)13(18)15-10-5-4-9(6-12(16)17)11(14)7-10/h4-5,7-8H,3,6H2,1-2H3,(H,15,18)(H,16,17). The van der Waals surface area contributed by atoms with E-state index in [1.165, 1.54) is 12.1 Å². The Kier molecular flexibility index (Phi) is 5.44. The number of carbonyl (C=O) groups excluding carboxylic acids is 1. The summed E-state index contributed by atoms with van der Waals surface area (Å²) in [6.45, 7) is 3.76. The van der Waals surface area contributed by atoms with Crippen molar-refractivity contribution in [2.75, 3.05) is 11.9 Å². The van der Waals surface area contributed by atoms with Crippen LogP contribution in [-0.4, -0.2) is 29.7 Å². The van der Waals surface area contributed by atoms with E-state index in [-0.39, 0.29) is 17.2 Å². The summed E-state index contributed by atoms with van der Waals surface area (Å²) < 4.78 is 18.7. The fraction of sp³-hybridized carbons (Fsp3) is 0.385. The quantitative estimate of drug-likeness (QED) is 0.826. The van der Waals surface area contributed by atoms with Crippen LogP contribution in [0.25, 0.3) is 0 Å². The second kappa shape index (κ2) is 6.84. The SMILES string of the molecule is CCOC(C)C(=O)Nc1ccc(CC(=O)O)c(F)c1. The molecule has 0 spiro atoms. The highest BCUT2D eigenvalue weighted by Gasteiger charge is 2.14. The number of benzene rings is 1. The van der Waals surface area contributed by atoms with Crippen molar-refractivity contribution in [2.45, 2.75) is 26.4 Å². The molecule has 0 heterocycles. The molecule has 0 aromatic heterocycles. The Morgan fingerprint density at radius 1 is 1.47 bits per heavy atom. The molecule has 1 aromatic carbocycles. The molecule has 0 aliphatic carbocycles. The Balaban J connectivity index is 2.73. The average Bonchev–Trinajstić information content (AvgIpc) is 2.32. The number of hydrogen-bond donors (Lipinski definition) is 2. The lowest BCUT2D eigenvalue weighted by molar-refractivity contribution is -0.136. The molecule has 6 heteroatoms. The van der Waals surface area contributed by atoms with E-state index >= 15 is 0 Å². The molecule has 104 valence electrons. The van der Waals surface area contributed by atoms with Gasteiger partial charge in [-0.3, -0.25) is 9.59 Å². The first-order chi connectivity index (χ1) is 8.93. The average molecular weight is 269 g/mol. The van der Waals surface area contributed by atoms with Crippen molar-refractivity contribution in [3.05, 3.63) is 29.6 Å². The van der Waals surface area contributed by atoms with Gasteiger partial charge in [-0.05, 0) is 31.5 Å². The molecule has 0 fully saturated rings. The molecule has 2 N–H and O–H groups in total. The molecule has 1 atom stereocenters. The van der Waals surface area contributed by atoms with Gasteiger partial charge in [-0.1, -0.05) is 6.07 Å². The third-order valence-corrected chi connectivity index (χ3v) is 2.45. The monoisotopic (exact) mass is 269 g/mol. The zero-order valence-electron chi connectivity index (χ0n) is 10.8. The first-order valence-electron chi connectivity index (χ1n) is 5.86. The molecule has 5 nitrogen and oxygen atoms in total. The van der Waals surface area contributed by atoms with Crippen molar-refractivity contribution < 1.29 is 23.8 Å². The van der Waals surface area contributed by atoms with Crippen LogP contribution < -0.4 is 5.32 Å². The molecule has 19 heavy (non-hydrogen) atoms. The van der Waals surface area contributed by atoms with Crippen LogP contribution in [0.2, 0.25) is 0 Å². The van der Waals surface area contributed by atoms with E-state index in [9.17, 15) is 14.0 Å². The van der Waals surface area contributed by atoms with E-state index in [4.69, 9.17) is 9.84 Å². The van der Waals surface area contributed by atoms with Crippen molar-refractivity contribution in [1.29, 1.82) is 0 Å². The Morgan fingerprint density at radius 2 is 2.16 bits per heavy atom. The van der Waals surface area contributed by atoms with Crippen LogP contribution >= 0.6 is 0 Å². The number of nitrogens with one attached hydrogen (secondary N) is 1. The Morgan fingerprint density at radius 3 is 2.68 bits per heavy atom. The smallest absolute Gasteiger partial charge is 0.307 e. The first kappa shape index (κ1) is 15.1. The molecule has 1 rings (SSSR count). The van der Waals surface area contributed by atoms with Crippen LogP contribution in [-0.2, 0) is 20.7 Å². The second-order valence-electron chi connectivity index (χ2n) is 3.96. The van der Waals surface area contributed by atoms with Crippen molar-refractivity contribution in [2.24, 2.45) is 0 Å². The molecule has 1 unspecified atom stereocenters. The van der Waals surface area contributed by atoms with E-state index in [0.29, 0.717) is 6.61 Å². The topological polar surface area (TPSA) is 75.6 Å². The molecule has 1 aromatic rings. The first-order valence-corrected chi connectivity index (χ1v) is 5.86. The van der Waals surface area contributed by atoms with Gasteiger partial charge in [-0.15, -0.1) is 0 Å². The number of rotatable bonds is 6. The summed E-state index contributed by atoms with van der Waals surface area (Å²) in [5, 5.41) is 11.1. The van der Waals surface area contributed by atoms with Gasteiger partial charge in [0.1, 0.15) is 11.9 Å². The minimum Gasteiger partial charge on any atom is -0.481 e. The molecule has 0 aliphatic rings. The van der Waals surface area contributed by atoms with Gasteiger partial charge in [-0.2, -0.15) is 0 Å². The lowest BCUT2D eigenvalue weighted by Gasteiger charge is -2.12. The van der Waals surface area contributed by atoms with Gasteiger partial charge in [0, 0.05) is 12.3 Å². The van der Waals surface area contributed by atoms with Crippen LogP contribution in [0.4, 0.5) is 10.1 Å². The van der Waals surface area contributed by atoms with Gasteiger partial charge < -0.3 is 15.2 Å². The number of ether oxygens (including phenoxy) is 1. The second-order valence-corrected chi connectivity index (χ2v) is 3.96. The van der Waals surface area contributed by atoms with Crippen LogP contribution in [0.3, 0.4) is 0 Å². The fourth-order valence-corrected chi connectivity index (χ4v) is 1.50. The normalized spacial score (nSPS) is 11.9. The Bertz CT molecular complexity index is 476. The summed E-state index contributed by atoms with van der Waals surface area (Å²) in [7, 11) is 0. The van der Waals surface area contributed by atoms with Crippen LogP contribution in [0.15, 0.2) is 18.2 Å². The molecular formula is C13H16FNO4. The minimum absolute atomic E-state index is 0.0726. The molecule has 0 saturated heterocycles. The lowest BCUT2D eigenvalue weighted by atomic mass is 10.1. The van der Waals surface area contributed by atoms with Gasteiger partial charge >= 0.3 is 5.97 Å². The lowest BCUT2D eigenvalue weighted by Crippen LogP contribution is -2.27. The summed E-state index contributed by atoms with van der Waals surface area (Å²) in [4.78, 5) is 22.1. The summed E-state index contributed by atoms with van der Waals surface area (Å²) in [5.41, 5.74) is 0.339. The summed E-state index contributed by atoms with van der Waals surface area (Å²) >= 11 is 0. The Hall–Kier alpha value is -1.95. The van der Waals surface area contributed by atoms with Crippen molar-refractivity contribution >= 4 is 17.6 Å². The fourth-order valence-electron chi connectivity index (χ4n) is 1.50. The van der Waals surface area contributed by atoms with Gasteiger partial charge in [0.05, 0.1) is 6.42 Å². The predicted molar refractivity (Wildman–Crippen MR) is 67.5 cm³/mol. The largest absolute Gasteiger partial charge is 0.481 e. The zero-order chi connectivity index (χ0) is 14.4. The summed E-state index contributed by atoms with van der Waals surface area (Å²) in [5.74, 6) is -2.16. The third kappa shape index (κ3) is 4.67. The number of hydrogen-bond acceptors (Lipinski definition) is 3. The predicted octanol–water partition coefficient (Wildman–Crippen LogP) is 1.82. The molecule has 0 saturated carbocycles. The van der Waals surface area contributed by atoms with Gasteiger partial charge in [-0.25, -0.2) is 4.39 Å². The highest BCUT2D eigenvalue weighted by Crippen LogP contribution is 2.15. The van der Waals surface area contributed by atoms with Gasteiger partial charge in [0.25, 0.3) is 5.91 Å². The number of aliphatic carboxylic acids is 1. The minimum atomic E-state index is -1.11. The summed E-state index contributed by atoms with van der Waals surface area (Å²) in [6, 6.07) is 3.89. The van der Waals surface area contributed by atoms with Crippen LogP contribution in [0, 0.1) is 5.82 Å². The maximum atomic E-state index is 13.6. The number of amides is 1. The third-order valence-electron chi connectivity index (χ3n) is 2.45. The number of carbonyl (C=O) groups is 2. The van der Waals surface area contributed by atoms with Crippen molar-refractivity contribution in [1.82, 2.24) is 0 Å². The molecule has 0 radical (unpaired) electrons. The maximum Gasteiger partial charge on any atom is 0.307 e. The zero-order valence-corrected chi connectivity index (χ0v) is 10.8. The molecule has 1 amide bonds. The molecule has 0 bridgehead atoms. The highest BCUT2D eigenvalue weighted by atomic mass is 19.1. The molecule has 0 aliphatic heterocycles. The Labute approximate surface area is 110 Å². The van der Waals surface area contributed by atoms with E-state index in [1.807, 2.05) is 0 Å². The van der Waals surface area contributed by atoms with E-state index < -0.39 is 24.3 Å².